The van der Waals surface area contributed by atoms with Gasteiger partial charge < -0.3 is 10.6 Å². The minimum Gasteiger partial charge on any atom is -0.330 e. The maximum Gasteiger partial charge on any atom is 0.0234 e. The Hall–Kier alpha value is -0.900. The van der Waals surface area contributed by atoms with Gasteiger partial charge in [-0.2, -0.15) is 0 Å². The van der Waals surface area contributed by atoms with Gasteiger partial charge in [-0.05, 0) is 31.5 Å². The Labute approximate surface area is 130 Å². The fraction of sp³-hybridized carbons (Fsp3) is 0.667. The summed E-state index contributed by atoms with van der Waals surface area (Å²) in [5.74, 6) is 0. The Balaban J connectivity index is 1.54. The van der Waals surface area contributed by atoms with Crippen LogP contribution < -0.4 is 5.73 Å². The number of rotatable bonds is 9. The Kier molecular flexibility index (Phi) is 7.79. The molecule has 0 aliphatic carbocycles. The van der Waals surface area contributed by atoms with Crippen molar-refractivity contribution in [3.05, 3.63) is 35.9 Å². The second-order valence-electron chi connectivity index (χ2n) is 6.16. The predicted molar refractivity (Wildman–Crippen MR) is 90.3 cm³/mol. The van der Waals surface area contributed by atoms with Gasteiger partial charge in [-0.15, -0.1) is 0 Å². The summed E-state index contributed by atoms with van der Waals surface area (Å²) in [6.07, 6.45) is 6.57. The van der Waals surface area contributed by atoms with E-state index >= 15 is 0 Å². The molecule has 0 saturated carbocycles. The molecule has 2 rings (SSSR count). The summed E-state index contributed by atoms with van der Waals surface area (Å²) in [6, 6.07) is 10.8. The number of unbranched alkanes of at least 4 members (excludes halogenated alkanes) is 4. The summed E-state index contributed by atoms with van der Waals surface area (Å²) < 4.78 is 0. The minimum atomic E-state index is 0.851. The lowest BCUT2D eigenvalue weighted by molar-refractivity contribution is 0.125. The zero-order chi connectivity index (χ0) is 14.8. The zero-order valence-corrected chi connectivity index (χ0v) is 13.3. The molecule has 0 amide bonds. The molecule has 1 heterocycles. The van der Waals surface area contributed by atoms with Crippen LogP contribution >= 0.6 is 0 Å². The van der Waals surface area contributed by atoms with Gasteiger partial charge in [-0.3, -0.25) is 4.90 Å². The third kappa shape index (κ3) is 6.60. The maximum absolute atomic E-state index is 5.52. The van der Waals surface area contributed by atoms with E-state index in [1.165, 1.54) is 70.4 Å². The number of hydrogen-bond acceptors (Lipinski definition) is 3. The molecule has 1 aromatic rings. The molecular formula is C18H31N3. The molecule has 0 spiro atoms. The van der Waals surface area contributed by atoms with Gasteiger partial charge in [-0.1, -0.05) is 49.6 Å². The van der Waals surface area contributed by atoms with Crippen LogP contribution in [0.25, 0.3) is 0 Å². The van der Waals surface area contributed by atoms with Crippen LogP contribution in [0, 0.1) is 0 Å². The normalized spacial score (nSPS) is 17.2. The Bertz CT molecular complexity index is 358. The predicted octanol–water partition coefficient (Wildman–Crippen LogP) is 2.71. The Morgan fingerprint density at radius 2 is 1.38 bits per heavy atom. The first-order valence-corrected chi connectivity index (χ1v) is 8.57. The van der Waals surface area contributed by atoms with Gasteiger partial charge in [-0.25, -0.2) is 0 Å². The highest BCUT2D eigenvalue weighted by Crippen LogP contribution is 2.10. The van der Waals surface area contributed by atoms with Crippen LogP contribution in [0.2, 0.25) is 0 Å². The molecule has 0 radical (unpaired) electrons. The van der Waals surface area contributed by atoms with Crippen molar-refractivity contribution in [2.45, 2.75) is 38.6 Å². The van der Waals surface area contributed by atoms with E-state index < -0.39 is 0 Å². The largest absolute Gasteiger partial charge is 0.330 e. The van der Waals surface area contributed by atoms with E-state index in [0.29, 0.717) is 0 Å². The molecule has 3 nitrogen and oxygen atoms in total. The molecule has 0 aromatic heterocycles. The quantitative estimate of drug-likeness (QED) is 0.710. The van der Waals surface area contributed by atoms with Gasteiger partial charge in [0.2, 0.25) is 0 Å². The van der Waals surface area contributed by atoms with Crippen LogP contribution in [-0.2, 0) is 6.54 Å². The van der Waals surface area contributed by atoms with E-state index in [2.05, 4.69) is 40.1 Å². The Morgan fingerprint density at radius 1 is 0.762 bits per heavy atom. The summed E-state index contributed by atoms with van der Waals surface area (Å²) in [6.45, 7) is 8.12. The number of piperazine rings is 1. The Morgan fingerprint density at radius 3 is 2.10 bits per heavy atom. The molecule has 0 bridgehead atoms. The maximum atomic E-state index is 5.52. The standard InChI is InChI=1S/C18H31N3/c19-11-7-2-1-3-8-12-20-13-15-21(16-14-20)17-18-9-5-4-6-10-18/h4-6,9-10H,1-3,7-8,11-17,19H2. The van der Waals surface area contributed by atoms with Crippen molar-refractivity contribution < 1.29 is 0 Å². The second kappa shape index (κ2) is 9.93. The summed E-state index contributed by atoms with van der Waals surface area (Å²) in [7, 11) is 0. The van der Waals surface area contributed by atoms with Crippen LogP contribution in [0.15, 0.2) is 30.3 Å². The van der Waals surface area contributed by atoms with Gasteiger partial charge in [0.05, 0.1) is 0 Å². The molecule has 0 atom stereocenters. The fourth-order valence-electron chi connectivity index (χ4n) is 3.02. The highest BCUT2D eigenvalue weighted by Gasteiger charge is 2.16. The molecule has 3 heteroatoms. The number of nitrogens with two attached hydrogens (primary N) is 1. The molecular weight excluding hydrogens is 258 g/mol. The van der Waals surface area contributed by atoms with Gasteiger partial charge >= 0.3 is 0 Å². The molecule has 1 aliphatic rings. The van der Waals surface area contributed by atoms with E-state index in [0.717, 1.165) is 13.1 Å². The molecule has 1 aliphatic heterocycles. The average Bonchev–Trinajstić information content (AvgIpc) is 2.53. The van der Waals surface area contributed by atoms with Crippen molar-refractivity contribution in [3.8, 4) is 0 Å². The van der Waals surface area contributed by atoms with Crippen molar-refractivity contribution in [1.82, 2.24) is 9.80 Å². The molecule has 118 valence electrons. The third-order valence-electron chi connectivity index (χ3n) is 4.39. The molecule has 1 saturated heterocycles. The van der Waals surface area contributed by atoms with Gasteiger partial charge in [0.25, 0.3) is 0 Å². The van der Waals surface area contributed by atoms with Crippen molar-refractivity contribution in [3.63, 3.8) is 0 Å². The monoisotopic (exact) mass is 289 g/mol. The number of nitrogens with zero attached hydrogens (tertiary/aromatic N) is 2. The number of hydrogen-bond donors (Lipinski definition) is 1. The van der Waals surface area contributed by atoms with Crippen molar-refractivity contribution >= 4 is 0 Å². The first-order chi connectivity index (χ1) is 10.4. The van der Waals surface area contributed by atoms with Gasteiger partial charge in [0.1, 0.15) is 0 Å². The fourth-order valence-corrected chi connectivity index (χ4v) is 3.02. The van der Waals surface area contributed by atoms with Crippen molar-refractivity contribution in [2.75, 3.05) is 39.3 Å². The topological polar surface area (TPSA) is 32.5 Å². The van der Waals surface area contributed by atoms with E-state index in [9.17, 15) is 0 Å². The molecule has 1 aromatic carbocycles. The van der Waals surface area contributed by atoms with Crippen LogP contribution in [-0.4, -0.2) is 49.1 Å². The summed E-state index contributed by atoms with van der Waals surface area (Å²) >= 11 is 0. The van der Waals surface area contributed by atoms with Crippen LogP contribution in [0.1, 0.15) is 37.7 Å². The van der Waals surface area contributed by atoms with Gasteiger partial charge in [0, 0.05) is 32.7 Å². The van der Waals surface area contributed by atoms with E-state index in [-0.39, 0.29) is 0 Å². The van der Waals surface area contributed by atoms with Crippen LogP contribution in [0.3, 0.4) is 0 Å². The van der Waals surface area contributed by atoms with Gasteiger partial charge in [0.15, 0.2) is 0 Å². The first kappa shape index (κ1) is 16.5. The van der Waals surface area contributed by atoms with E-state index in [4.69, 9.17) is 5.73 Å². The first-order valence-electron chi connectivity index (χ1n) is 8.57. The summed E-state index contributed by atoms with van der Waals surface area (Å²) in [5.41, 5.74) is 6.95. The summed E-state index contributed by atoms with van der Waals surface area (Å²) in [4.78, 5) is 5.21. The lowest BCUT2D eigenvalue weighted by atomic mass is 10.1. The van der Waals surface area contributed by atoms with Crippen molar-refractivity contribution in [2.24, 2.45) is 5.73 Å². The second-order valence-corrected chi connectivity index (χ2v) is 6.16. The lowest BCUT2D eigenvalue weighted by Gasteiger charge is -2.34. The zero-order valence-electron chi connectivity index (χ0n) is 13.3. The van der Waals surface area contributed by atoms with E-state index in [1.54, 1.807) is 0 Å². The minimum absolute atomic E-state index is 0.851. The average molecular weight is 289 g/mol. The molecule has 2 N–H and O–H groups in total. The molecule has 1 fully saturated rings. The SMILES string of the molecule is NCCCCCCCN1CCN(Cc2ccccc2)CC1. The highest BCUT2D eigenvalue weighted by molar-refractivity contribution is 5.14. The van der Waals surface area contributed by atoms with Crippen molar-refractivity contribution in [1.29, 1.82) is 0 Å². The number of benzene rings is 1. The lowest BCUT2D eigenvalue weighted by Crippen LogP contribution is -2.46. The van der Waals surface area contributed by atoms with Crippen LogP contribution in [0.5, 0.6) is 0 Å². The van der Waals surface area contributed by atoms with E-state index in [1.807, 2.05) is 0 Å². The molecule has 0 unspecified atom stereocenters. The highest BCUT2D eigenvalue weighted by atomic mass is 15.3. The third-order valence-corrected chi connectivity index (χ3v) is 4.39. The summed E-state index contributed by atoms with van der Waals surface area (Å²) in [5, 5.41) is 0. The smallest absolute Gasteiger partial charge is 0.0234 e. The molecule has 21 heavy (non-hydrogen) atoms. The van der Waals surface area contributed by atoms with Crippen LogP contribution in [0.4, 0.5) is 0 Å².